The Labute approximate surface area is 110 Å². The van der Waals surface area contributed by atoms with Crippen LogP contribution in [-0.4, -0.2) is 29.5 Å². The fourth-order valence-corrected chi connectivity index (χ4v) is 2.46. The minimum absolute atomic E-state index is 0.537. The van der Waals surface area contributed by atoms with Crippen molar-refractivity contribution in [2.45, 2.75) is 58.1 Å². The van der Waals surface area contributed by atoms with Crippen LogP contribution >= 0.6 is 0 Å². The number of nitrogens with one attached hydrogen (secondary N) is 2. The summed E-state index contributed by atoms with van der Waals surface area (Å²) in [5, 5.41) is 10.4. The summed E-state index contributed by atoms with van der Waals surface area (Å²) in [5.74, 6) is 0. The van der Waals surface area contributed by atoms with E-state index in [1.807, 2.05) is 6.20 Å². The highest BCUT2D eigenvalue weighted by molar-refractivity contribution is 5.13. The van der Waals surface area contributed by atoms with Crippen LogP contribution in [0.2, 0.25) is 0 Å². The molecular weight excluding hydrogens is 226 g/mol. The van der Waals surface area contributed by atoms with Gasteiger partial charge in [0.15, 0.2) is 0 Å². The Balaban J connectivity index is 1.47. The van der Waals surface area contributed by atoms with Crippen LogP contribution in [0.1, 0.15) is 49.8 Å². The van der Waals surface area contributed by atoms with Crippen LogP contribution < -0.4 is 5.32 Å². The molecule has 1 heterocycles. The highest BCUT2D eigenvalue weighted by atomic mass is 16.5. The molecule has 1 aromatic heterocycles. The average molecular weight is 251 g/mol. The quantitative estimate of drug-likeness (QED) is 0.732. The van der Waals surface area contributed by atoms with Gasteiger partial charge in [0.25, 0.3) is 0 Å². The first-order valence-corrected chi connectivity index (χ1v) is 7.17. The van der Waals surface area contributed by atoms with Crippen LogP contribution in [0, 0.1) is 6.92 Å². The van der Waals surface area contributed by atoms with E-state index < -0.39 is 0 Å². The standard InChI is InChI=1S/C14H25N3O/c1-12-13(11-16-17-12)10-15-8-5-9-18-14-6-3-2-4-7-14/h11,14-15H,2-10H2,1H3,(H,16,17). The maximum Gasteiger partial charge on any atom is 0.0575 e. The predicted molar refractivity (Wildman–Crippen MR) is 72.5 cm³/mol. The van der Waals surface area contributed by atoms with Crippen molar-refractivity contribution in [1.82, 2.24) is 15.5 Å². The van der Waals surface area contributed by atoms with Crippen molar-refractivity contribution in [1.29, 1.82) is 0 Å². The minimum Gasteiger partial charge on any atom is -0.378 e. The second kappa shape index (κ2) is 7.54. The van der Waals surface area contributed by atoms with Gasteiger partial charge in [-0.25, -0.2) is 0 Å². The largest absolute Gasteiger partial charge is 0.378 e. The number of ether oxygens (including phenoxy) is 1. The lowest BCUT2D eigenvalue weighted by molar-refractivity contribution is 0.0273. The van der Waals surface area contributed by atoms with Crippen LogP contribution in [0.4, 0.5) is 0 Å². The molecule has 1 fully saturated rings. The van der Waals surface area contributed by atoms with Gasteiger partial charge in [-0.1, -0.05) is 19.3 Å². The summed E-state index contributed by atoms with van der Waals surface area (Å²) < 4.78 is 5.89. The van der Waals surface area contributed by atoms with Crippen LogP contribution in [0.3, 0.4) is 0 Å². The van der Waals surface area contributed by atoms with Crippen molar-refractivity contribution in [3.8, 4) is 0 Å². The molecule has 1 aliphatic carbocycles. The van der Waals surface area contributed by atoms with Gasteiger partial charge in [-0.15, -0.1) is 0 Å². The Hall–Kier alpha value is -0.870. The van der Waals surface area contributed by atoms with Gasteiger partial charge in [-0.2, -0.15) is 5.10 Å². The molecule has 0 bridgehead atoms. The maximum atomic E-state index is 5.89. The molecular formula is C14H25N3O. The lowest BCUT2D eigenvalue weighted by atomic mass is 9.98. The Bertz CT molecular complexity index is 332. The molecule has 4 nitrogen and oxygen atoms in total. The Morgan fingerprint density at radius 2 is 2.22 bits per heavy atom. The highest BCUT2D eigenvalue weighted by Crippen LogP contribution is 2.20. The number of H-pyrrole nitrogens is 1. The number of hydrogen-bond donors (Lipinski definition) is 2. The number of aryl methyl sites for hydroxylation is 1. The SMILES string of the molecule is Cc1[nH]ncc1CNCCCOC1CCCCC1. The third-order valence-electron chi connectivity index (χ3n) is 3.65. The Kier molecular flexibility index (Phi) is 5.68. The first-order chi connectivity index (χ1) is 8.86. The topological polar surface area (TPSA) is 49.9 Å². The molecule has 0 atom stereocenters. The smallest absolute Gasteiger partial charge is 0.0575 e. The molecule has 102 valence electrons. The molecule has 0 unspecified atom stereocenters. The van der Waals surface area contributed by atoms with E-state index in [1.165, 1.54) is 37.7 Å². The summed E-state index contributed by atoms with van der Waals surface area (Å²) in [6.45, 7) is 4.85. The van der Waals surface area contributed by atoms with Gasteiger partial charge in [0.1, 0.15) is 0 Å². The third-order valence-corrected chi connectivity index (χ3v) is 3.65. The number of aromatic nitrogens is 2. The van der Waals surface area contributed by atoms with E-state index in [0.29, 0.717) is 6.10 Å². The Morgan fingerprint density at radius 1 is 1.39 bits per heavy atom. The molecule has 1 aromatic rings. The number of aromatic amines is 1. The molecule has 2 rings (SSSR count). The van der Waals surface area contributed by atoms with E-state index >= 15 is 0 Å². The summed E-state index contributed by atoms with van der Waals surface area (Å²) in [5.41, 5.74) is 2.41. The molecule has 18 heavy (non-hydrogen) atoms. The monoisotopic (exact) mass is 251 g/mol. The summed E-state index contributed by atoms with van der Waals surface area (Å²) >= 11 is 0. The van der Waals surface area contributed by atoms with E-state index in [0.717, 1.165) is 31.8 Å². The summed E-state index contributed by atoms with van der Waals surface area (Å²) in [4.78, 5) is 0. The van der Waals surface area contributed by atoms with E-state index in [2.05, 4.69) is 22.4 Å². The van der Waals surface area contributed by atoms with E-state index in [4.69, 9.17) is 4.74 Å². The van der Waals surface area contributed by atoms with Crippen LogP contribution in [-0.2, 0) is 11.3 Å². The third kappa shape index (κ3) is 4.42. The lowest BCUT2D eigenvalue weighted by Crippen LogP contribution is -2.20. The van der Waals surface area contributed by atoms with E-state index in [9.17, 15) is 0 Å². The van der Waals surface area contributed by atoms with Crippen molar-refractivity contribution < 1.29 is 4.74 Å². The van der Waals surface area contributed by atoms with Crippen LogP contribution in [0.15, 0.2) is 6.20 Å². The summed E-state index contributed by atoms with van der Waals surface area (Å²) in [7, 11) is 0. The first kappa shape index (κ1) is 13.6. The second-order valence-electron chi connectivity index (χ2n) is 5.18. The van der Waals surface area contributed by atoms with E-state index in [1.54, 1.807) is 0 Å². The Morgan fingerprint density at radius 3 is 2.94 bits per heavy atom. The molecule has 4 heteroatoms. The molecule has 0 aromatic carbocycles. The van der Waals surface area contributed by atoms with Gasteiger partial charge in [-0.05, 0) is 32.7 Å². The van der Waals surface area contributed by atoms with Gasteiger partial charge in [0.05, 0.1) is 12.3 Å². The summed E-state index contributed by atoms with van der Waals surface area (Å²) in [6.07, 6.45) is 10.1. The number of hydrogen-bond acceptors (Lipinski definition) is 3. The average Bonchev–Trinajstić information content (AvgIpc) is 2.81. The van der Waals surface area contributed by atoms with Gasteiger partial charge in [-0.3, -0.25) is 5.10 Å². The molecule has 0 saturated heterocycles. The molecule has 0 spiro atoms. The summed E-state index contributed by atoms with van der Waals surface area (Å²) in [6, 6.07) is 0. The van der Waals surface area contributed by atoms with Gasteiger partial charge in [0, 0.05) is 24.4 Å². The number of nitrogens with zero attached hydrogens (tertiary/aromatic N) is 1. The first-order valence-electron chi connectivity index (χ1n) is 7.17. The van der Waals surface area contributed by atoms with Crippen molar-refractivity contribution in [2.24, 2.45) is 0 Å². The molecule has 2 N–H and O–H groups in total. The molecule has 0 radical (unpaired) electrons. The molecule has 1 saturated carbocycles. The van der Waals surface area contributed by atoms with Crippen molar-refractivity contribution in [2.75, 3.05) is 13.2 Å². The zero-order valence-electron chi connectivity index (χ0n) is 11.4. The zero-order valence-corrected chi connectivity index (χ0v) is 11.4. The highest BCUT2D eigenvalue weighted by Gasteiger charge is 2.12. The van der Waals surface area contributed by atoms with Crippen LogP contribution in [0.25, 0.3) is 0 Å². The van der Waals surface area contributed by atoms with Crippen molar-refractivity contribution >= 4 is 0 Å². The fraction of sp³-hybridized carbons (Fsp3) is 0.786. The second-order valence-corrected chi connectivity index (χ2v) is 5.18. The van der Waals surface area contributed by atoms with Crippen LogP contribution in [0.5, 0.6) is 0 Å². The lowest BCUT2D eigenvalue weighted by Gasteiger charge is -2.21. The zero-order chi connectivity index (χ0) is 12.6. The minimum atomic E-state index is 0.537. The van der Waals surface area contributed by atoms with Gasteiger partial charge in [0.2, 0.25) is 0 Å². The van der Waals surface area contributed by atoms with Crippen molar-refractivity contribution in [3.63, 3.8) is 0 Å². The predicted octanol–water partition coefficient (Wildman–Crippen LogP) is 2.55. The maximum absolute atomic E-state index is 5.89. The van der Waals surface area contributed by atoms with Gasteiger partial charge >= 0.3 is 0 Å². The van der Waals surface area contributed by atoms with Gasteiger partial charge < -0.3 is 10.1 Å². The molecule has 0 amide bonds. The number of rotatable bonds is 7. The molecule has 1 aliphatic rings. The van der Waals surface area contributed by atoms with Crippen molar-refractivity contribution in [3.05, 3.63) is 17.5 Å². The normalized spacial score (nSPS) is 17.2. The molecule has 0 aliphatic heterocycles. The fourth-order valence-electron chi connectivity index (χ4n) is 2.46. The van der Waals surface area contributed by atoms with E-state index in [-0.39, 0.29) is 0 Å².